The van der Waals surface area contributed by atoms with Gasteiger partial charge in [0.05, 0.1) is 15.5 Å². The molecule has 0 aliphatic carbocycles. The molecule has 0 bridgehead atoms. The Bertz CT molecular complexity index is 1830. The fourth-order valence-corrected chi connectivity index (χ4v) is 6.99. The topological polar surface area (TPSA) is 117 Å². The second-order valence-electron chi connectivity index (χ2n) is 10.1. The fraction of sp³-hybridized carbons (Fsp3) is 0.121. The van der Waals surface area contributed by atoms with E-state index in [0.29, 0.717) is 21.4 Å². The maximum Gasteiger partial charge on any atom is 0.322 e. The molecule has 44 heavy (non-hydrogen) atoms. The van der Waals surface area contributed by atoms with Crippen molar-refractivity contribution in [1.82, 2.24) is 9.29 Å². The van der Waals surface area contributed by atoms with Crippen molar-refractivity contribution in [3.8, 4) is 21.7 Å². The third-order valence-electron chi connectivity index (χ3n) is 7.07. The van der Waals surface area contributed by atoms with E-state index >= 15 is 0 Å². The van der Waals surface area contributed by atoms with Gasteiger partial charge in [-0.1, -0.05) is 95.2 Å². The number of sulfonamides is 1. The van der Waals surface area contributed by atoms with Gasteiger partial charge in [0, 0.05) is 23.2 Å². The van der Waals surface area contributed by atoms with Crippen LogP contribution in [0.3, 0.4) is 0 Å². The smallest absolute Gasteiger partial charge is 0.322 e. The number of carboxylic acids is 1. The largest absolute Gasteiger partial charge is 0.480 e. The van der Waals surface area contributed by atoms with Crippen LogP contribution in [-0.2, 0) is 21.2 Å². The molecule has 0 radical (unpaired) electrons. The van der Waals surface area contributed by atoms with Crippen LogP contribution in [-0.4, -0.2) is 47.8 Å². The van der Waals surface area contributed by atoms with Gasteiger partial charge in [-0.3, -0.25) is 14.9 Å². The molecule has 1 unspecified atom stereocenters. The van der Waals surface area contributed by atoms with E-state index < -0.39 is 27.9 Å². The highest BCUT2D eigenvalue weighted by molar-refractivity contribution is 7.89. The summed E-state index contributed by atoms with van der Waals surface area (Å²) >= 11 is 7.42. The lowest BCUT2D eigenvalue weighted by Crippen LogP contribution is -2.43. The Morgan fingerprint density at radius 1 is 0.909 bits per heavy atom. The summed E-state index contributed by atoms with van der Waals surface area (Å²) in [5, 5.41) is 13.6. The van der Waals surface area contributed by atoms with Crippen LogP contribution in [0.1, 0.15) is 21.5 Å². The van der Waals surface area contributed by atoms with E-state index in [0.717, 1.165) is 25.9 Å². The number of likely N-dealkylation sites (N-methyl/N-ethyl adjacent to an activating group) is 1. The number of anilines is 1. The molecular formula is C33H28ClN3O5S2. The van der Waals surface area contributed by atoms with Crippen LogP contribution in [0, 0.1) is 6.92 Å². The predicted octanol–water partition coefficient (Wildman–Crippen LogP) is 7.01. The standard InChI is InChI=1S/C33H28ClN3O5S2/c1-21-8-10-24(11-9-21)30-29(23-12-16-26(34)17-13-23)35-33(43-30)36-31(38)25-14-18-27(19-15-25)44(41,42)37(2)28(32(39)40)20-22-6-4-3-5-7-22/h3-19,28H,20H2,1-2H3,(H,39,40)(H,35,36,38). The van der Waals surface area contributed by atoms with Gasteiger partial charge in [0.1, 0.15) is 6.04 Å². The lowest BCUT2D eigenvalue weighted by molar-refractivity contribution is -0.141. The van der Waals surface area contributed by atoms with Gasteiger partial charge in [-0.05, 0) is 60.9 Å². The maximum atomic E-state index is 13.3. The summed E-state index contributed by atoms with van der Waals surface area (Å²) in [5.41, 5.74) is 4.51. The van der Waals surface area contributed by atoms with Crippen molar-refractivity contribution in [3.05, 3.63) is 125 Å². The van der Waals surface area contributed by atoms with Gasteiger partial charge in [-0.2, -0.15) is 4.31 Å². The fourth-order valence-electron chi connectivity index (χ4n) is 4.57. The maximum absolute atomic E-state index is 13.3. The number of nitrogens with zero attached hydrogens (tertiary/aromatic N) is 2. The minimum Gasteiger partial charge on any atom is -0.480 e. The Morgan fingerprint density at radius 2 is 1.52 bits per heavy atom. The van der Waals surface area contributed by atoms with E-state index in [1.54, 1.807) is 42.5 Å². The molecule has 4 aromatic carbocycles. The zero-order valence-corrected chi connectivity index (χ0v) is 26.2. The highest BCUT2D eigenvalue weighted by atomic mass is 35.5. The third kappa shape index (κ3) is 6.89. The highest BCUT2D eigenvalue weighted by Gasteiger charge is 2.33. The highest BCUT2D eigenvalue weighted by Crippen LogP contribution is 2.39. The van der Waals surface area contributed by atoms with Gasteiger partial charge in [0.25, 0.3) is 5.91 Å². The van der Waals surface area contributed by atoms with Crippen LogP contribution >= 0.6 is 22.9 Å². The van der Waals surface area contributed by atoms with Gasteiger partial charge in [0.15, 0.2) is 5.13 Å². The molecule has 8 nitrogen and oxygen atoms in total. The van der Waals surface area contributed by atoms with Crippen molar-refractivity contribution < 1.29 is 23.1 Å². The first-order chi connectivity index (χ1) is 21.0. The molecule has 0 spiro atoms. The number of aliphatic carboxylic acids is 1. The normalized spacial score (nSPS) is 12.2. The number of aryl methyl sites for hydroxylation is 1. The summed E-state index contributed by atoms with van der Waals surface area (Å²) in [5.74, 6) is -1.73. The van der Waals surface area contributed by atoms with Crippen molar-refractivity contribution in [3.63, 3.8) is 0 Å². The summed E-state index contributed by atoms with van der Waals surface area (Å²) in [7, 11) is -2.93. The number of nitrogens with one attached hydrogen (secondary N) is 1. The van der Waals surface area contributed by atoms with E-state index in [1.165, 1.54) is 42.6 Å². The number of carboxylic acid groups (broad SMARTS) is 1. The first-order valence-electron chi connectivity index (χ1n) is 13.5. The molecule has 0 aliphatic heterocycles. The Balaban J connectivity index is 1.37. The summed E-state index contributed by atoms with van der Waals surface area (Å²) in [6.07, 6.45) is 0.00277. The molecule has 1 heterocycles. The summed E-state index contributed by atoms with van der Waals surface area (Å²) < 4.78 is 27.5. The second-order valence-corrected chi connectivity index (χ2v) is 13.5. The number of carbonyl (C=O) groups excluding carboxylic acids is 1. The van der Waals surface area contributed by atoms with Gasteiger partial charge in [-0.15, -0.1) is 0 Å². The molecule has 0 saturated carbocycles. The SMILES string of the molecule is Cc1ccc(-c2sc(NC(=O)c3ccc(S(=O)(=O)N(C)C(Cc4ccccc4)C(=O)O)cc3)nc2-c2ccc(Cl)cc2)cc1. The zero-order chi connectivity index (χ0) is 31.4. The first kappa shape index (κ1) is 31.1. The molecular weight excluding hydrogens is 618 g/mol. The summed E-state index contributed by atoms with van der Waals surface area (Å²) in [4.78, 5) is 30.7. The number of hydrogen-bond donors (Lipinski definition) is 2. The minimum absolute atomic E-state index is 0.00277. The van der Waals surface area contributed by atoms with Crippen molar-refractivity contribution in [2.75, 3.05) is 12.4 Å². The van der Waals surface area contributed by atoms with E-state index in [-0.39, 0.29) is 16.9 Å². The van der Waals surface area contributed by atoms with E-state index in [4.69, 9.17) is 16.6 Å². The van der Waals surface area contributed by atoms with Crippen LogP contribution < -0.4 is 5.32 Å². The van der Waals surface area contributed by atoms with Crippen molar-refractivity contribution in [2.45, 2.75) is 24.3 Å². The van der Waals surface area contributed by atoms with Crippen LogP contribution in [0.5, 0.6) is 0 Å². The Hall–Kier alpha value is -4.35. The van der Waals surface area contributed by atoms with E-state index in [2.05, 4.69) is 5.32 Å². The average molecular weight is 646 g/mol. The molecule has 0 fully saturated rings. The molecule has 2 N–H and O–H groups in total. The molecule has 1 aromatic heterocycles. The number of aromatic nitrogens is 1. The minimum atomic E-state index is -4.17. The van der Waals surface area contributed by atoms with Crippen molar-refractivity contribution >= 4 is 50.0 Å². The molecule has 0 aliphatic rings. The molecule has 0 saturated heterocycles. The molecule has 224 valence electrons. The van der Waals surface area contributed by atoms with Gasteiger partial charge in [0.2, 0.25) is 10.0 Å². The number of carbonyl (C=O) groups is 2. The lowest BCUT2D eigenvalue weighted by atomic mass is 10.1. The molecule has 1 atom stereocenters. The van der Waals surface area contributed by atoms with Crippen LogP contribution in [0.4, 0.5) is 5.13 Å². The predicted molar refractivity (Wildman–Crippen MR) is 174 cm³/mol. The lowest BCUT2D eigenvalue weighted by Gasteiger charge is -2.24. The number of halogens is 1. The van der Waals surface area contributed by atoms with E-state index in [9.17, 15) is 23.1 Å². The molecule has 11 heteroatoms. The number of thiazole rings is 1. The van der Waals surface area contributed by atoms with Crippen molar-refractivity contribution in [2.24, 2.45) is 0 Å². The van der Waals surface area contributed by atoms with E-state index in [1.807, 2.05) is 43.3 Å². The quantitative estimate of drug-likeness (QED) is 0.169. The van der Waals surface area contributed by atoms with Gasteiger partial charge >= 0.3 is 5.97 Å². The van der Waals surface area contributed by atoms with Crippen LogP contribution in [0.15, 0.2) is 108 Å². The Kier molecular flexibility index (Phi) is 9.26. The second kappa shape index (κ2) is 13.1. The number of hydrogen-bond acceptors (Lipinski definition) is 6. The number of amides is 1. The number of rotatable bonds is 10. The number of benzene rings is 4. The summed E-state index contributed by atoms with van der Waals surface area (Å²) in [6.45, 7) is 2.01. The van der Waals surface area contributed by atoms with Gasteiger partial charge < -0.3 is 5.11 Å². The van der Waals surface area contributed by atoms with Crippen LogP contribution in [0.25, 0.3) is 21.7 Å². The van der Waals surface area contributed by atoms with Crippen molar-refractivity contribution in [1.29, 1.82) is 0 Å². The average Bonchev–Trinajstić information content (AvgIpc) is 3.44. The molecule has 5 aromatic rings. The Morgan fingerprint density at radius 3 is 2.14 bits per heavy atom. The Labute approximate surface area is 264 Å². The first-order valence-corrected chi connectivity index (χ1v) is 16.2. The third-order valence-corrected chi connectivity index (χ3v) is 10.2. The summed E-state index contributed by atoms with van der Waals surface area (Å²) in [6, 6.07) is 28.2. The molecule has 1 amide bonds. The zero-order valence-electron chi connectivity index (χ0n) is 23.8. The van der Waals surface area contributed by atoms with Crippen LogP contribution in [0.2, 0.25) is 5.02 Å². The monoisotopic (exact) mass is 645 g/mol. The van der Waals surface area contributed by atoms with Gasteiger partial charge in [-0.25, -0.2) is 13.4 Å². The molecule has 5 rings (SSSR count).